The van der Waals surface area contributed by atoms with Crippen molar-refractivity contribution in [3.8, 4) is 67.0 Å². The summed E-state index contributed by atoms with van der Waals surface area (Å²) in [4.78, 5) is 12.7. The molecule has 0 aliphatic carbocycles. The van der Waals surface area contributed by atoms with E-state index in [0.29, 0.717) is 0 Å². The number of hydrogen-bond acceptors (Lipinski definition) is 3. The smallest absolute Gasteiger partial charge is 0.0709 e. The predicted molar refractivity (Wildman–Crippen MR) is 267 cm³/mol. The standard InChI is InChI=1S/C60H53N3/c1-38-25-26-39(2)58(27-38)63(52-30-48(28-50(32-52)59-40(3)17-15-18-41(59)4)56-34-54(44(7)36-61-56)46-21-11-9-12-22-46)53-31-49(29-51(33-53)60-42(5)19-16-20-43(60)6)57-35-55(45(8)37-62-57)47-23-13-10-14-24-47/h9-37H,1-8H3. The van der Waals surface area contributed by atoms with E-state index in [1.54, 1.807) is 0 Å². The van der Waals surface area contributed by atoms with E-state index in [2.05, 4.69) is 224 Å². The van der Waals surface area contributed by atoms with Gasteiger partial charge < -0.3 is 4.90 Å². The summed E-state index contributed by atoms with van der Waals surface area (Å²) >= 11 is 0. The molecule has 3 nitrogen and oxygen atoms in total. The summed E-state index contributed by atoms with van der Waals surface area (Å²) < 4.78 is 0. The molecule has 0 aliphatic heterocycles. The largest absolute Gasteiger partial charge is 0.310 e. The summed E-state index contributed by atoms with van der Waals surface area (Å²) in [5.41, 5.74) is 26.3. The monoisotopic (exact) mass is 815 g/mol. The first kappa shape index (κ1) is 41.0. The van der Waals surface area contributed by atoms with Crippen LogP contribution in [0.15, 0.2) is 176 Å². The fourth-order valence-corrected chi connectivity index (χ4v) is 9.21. The van der Waals surface area contributed by atoms with Gasteiger partial charge in [-0.3, -0.25) is 9.97 Å². The minimum absolute atomic E-state index is 0.928. The van der Waals surface area contributed by atoms with Gasteiger partial charge >= 0.3 is 0 Å². The van der Waals surface area contributed by atoms with Crippen molar-refractivity contribution in [3.63, 3.8) is 0 Å². The number of pyridine rings is 2. The first-order valence-corrected chi connectivity index (χ1v) is 21.9. The van der Waals surface area contributed by atoms with Gasteiger partial charge in [0, 0.05) is 40.6 Å². The summed E-state index contributed by atoms with van der Waals surface area (Å²) in [6.07, 6.45) is 4.04. The lowest BCUT2D eigenvalue weighted by Crippen LogP contribution is -2.13. The van der Waals surface area contributed by atoms with Gasteiger partial charge in [0.05, 0.1) is 11.4 Å². The van der Waals surface area contributed by atoms with Crippen molar-refractivity contribution in [2.75, 3.05) is 4.90 Å². The molecule has 3 heteroatoms. The molecule has 0 saturated carbocycles. The quantitative estimate of drug-likeness (QED) is 0.145. The molecular formula is C60H53N3. The van der Waals surface area contributed by atoms with Gasteiger partial charge in [-0.05, 0) is 199 Å². The van der Waals surface area contributed by atoms with E-state index in [0.717, 1.165) is 61.8 Å². The minimum atomic E-state index is 0.928. The van der Waals surface area contributed by atoms with Crippen molar-refractivity contribution in [1.29, 1.82) is 0 Å². The molecule has 2 heterocycles. The van der Waals surface area contributed by atoms with Crippen LogP contribution in [0.2, 0.25) is 0 Å². The van der Waals surface area contributed by atoms with Gasteiger partial charge in [-0.1, -0.05) is 109 Å². The zero-order valence-corrected chi connectivity index (χ0v) is 37.6. The Bertz CT molecular complexity index is 2920. The second-order valence-corrected chi connectivity index (χ2v) is 17.2. The highest BCUT2D eigenvalue weighted by Gasteiger charge is 2.22. The topological polar surface area (TPSA) is 29.0 Å². The van der Waals surface area contributed by atoms with Crippen LogP contribution in [0.1, 0.15) is 44.5 Å². The summed E-state index contributed by atoms with van der Waals surface area (Å²) in [5.74, 6) is 0. The Morgan fingerprint density at radius 1 is 0.317 bits per heavy atom. The molecule has 0 bridgehead atoms. The van der Waals surface area contributed by atoms with Crippen LogP contribution in [0.25, 0.3) is 67.0 Å². The molecule has 0 unspecified atom stereocenters. The van der Waals surface area contributed by atoms with E-state index in [9.17, 15) is 0 Å². The van der Waals surface area contributed by atoms with Crippen LogP contribution in [0.4, 0.5) is 17.1 Å². The number of anilines is 3. The van der Waals surface area contributed by atoms with Crippen LogP contribution in [0, 0.1) is 55.4 Å². The third-order valence-electron chi connectivity index (χ3n) is 12.5. The van der Waals surface area contributed by atoms with Crippen molar-refractivity contribution in [3.05, 3.63) is 221 Å². The van der Waals surface area contributed by atoms with E-state index < -0.39 is 0 Å². The van der Waals surface area contributed by atoms with Crippen molar-refractivity contribution in [2.45, 2.75) is 55.4 Å². The number of aryl methyl sites for hydroxylation is 8. The van der Waals surface area contributed by atoms with E-state index in [4.69, 9.17) is 9.97 Å². The SMILES string of the molecule is Cc1ccc(C)c(N(c2cc(-c3cc(-c4ccccc4)c(C)cn3)cc(-c3c(C)cccc3C)c2)c2cc(-c3cc(-c4ccccc4)c(C)cn3)cc(-c3c(C)cccc3C)c2)c1. The molecule has 2 aromatic heterocycles. The zero-order chi connectivity index (χ0) is 43.8. The minimum Gasteiger partial charge on any atom is -0.310 e. The third kappa shape index (κ3) is 8.23. The fourth-order valence-electron chi connectivity index (χ4n) is 9.21. The highest BCUT2D eigenvalue weighted by Crippen LogP contribution is 2.45. The van der Waals surface area contributed by atoms with Crippen LogP contribution in [-0.4, -0.2) is 9.97 Å². The molecule has 0 fully saturated rings. The van der Waals surface area contributed by atoms with Gasteiger partial charge in [-0.15, -0.1) is 0 Å². The molecule has 0 radical (unpaired) electrons. The Labute approximate surface area is 373 Å². The molecule has 0 spiro atoms. The Balaban J connectivity index is 1.35. The van der Waals surface area contributed by atoms with Gasteiger partial charge in [-0.25, -0.2) is 0 Å². The third-order valence-corrected chi connectivity index (χ3v) is 12.5. The molecule has 9 aromatic rings. The Morgan fingerprint density at radius 2 is 0.730 bits per heavy atom. The second kappa shape index (κ2) is 17.2. The molecule has 0 amide bonds. The molecular weight excluding hydrogens is 763 g/mol. The van der Waals surface area contributed by atoms with Crippen molar-refractivity contribution in [1.82, 2.24) is 9.97 Å². The molecule has 0 aliphatic rings. The Kier molecular flexibility index (Phi) is 11.2. The predicted octanol–water partition coefficient (Wildman–Crippen LogP) is 16.4. The molecule has 7 aromatic carbocycles. The first-order chi connectivity index (χ1) is 30.5. The molecule has 308 valence electrons. The second-order valence-electron chi connectivity index (χ2n) is 17.2. The average molecular weight is 816 g/mol. The summed E-state index contributed by atoms with van der Waals surface area (Å²) in [6, 6.07) is 59.8. The highest BCUT2D eigenvalue weighted by atomic mass is 15.1. The number of rotatable bonds is 9. The van der Waals surface area contributed by atoms with E-state index in [1.807, 2.05) is 12.4 Å². The van der Waals surface area contributed by atoms with Crippen LogP contribution in [-0.2, 0) is 0 Å². The van der Waals surface area contributed by atoms with Crippen molar-refractivity contribution < 1.29 is 0 Å². The van der Waals surface area contributed by atoms with Gasteiger partial charge in [0.25, 0.3) is 0 Å². The van der Waals surface area contributed by atoms with Gasteiger partial charge in [0.15, 0.2) is 0 Å². The molecule has 0 atom stereocenters. The normalized spacial score (nSPS) is 11.2. The summed E-state index contributed by atoms with van der Waals surface area (Å²) in [5, 5.41) is 0. The molecule has 0 N–H and O–H groups in total. The van der Waals surface area contributed by atoms with Crippen LogP contribution < -0.4 is 4.90 Å². The lowest BCUT2D eigenvalue weighted by atomic mass is 9.91. The molecule has 0 saturated heterocycles. The lowest BCUT2D eigenvalue weighted by molar-refractivity contribution is 1.22. The van der Waals surface area contributed by atoms with Crippen molar-refractivity contribution in [2.24, 2.45) is 0 Å². The maximum Gasteiger partial charge on any atom is 0.0709 e. The maximum absolute atomic E-state index is 5.13. The Hall–Kier alpha value is -7.36. The number of benzene rings is 7. The fraction of sp³-hybridized carbons (Fsp3) is 0.133. The summed E-state index contributed by atoms with van der Waals surface area (Å²) in [7, 11) is 0. The van der Waals surface area contributed by atoms with E-state index in [1.165, 1.54) is 66.8 Å². The average Bonchev–Trinajstić information content (AvgIpc) is 3.28. The van der Waals surface area contributed by atoms with Gasteiger partial charge in [0.2, 0.25) is 0 Å². The lowest BCUT2D eigenvalue weighted by Gasteiger charge is -2.30. The van der Waals surface area contributed by atoms with Crippen LogP contribution in [0.5, 0.6) is 0 Å². The highest BCUT2D eigenvalue weighted by molar-refractivity contribution is 5.91. The maximum atomic E-state index is 5.13. The first-order valence-electron chi connectivity index (χ1n) is 21.9. The van der Waals surface area contributed by atoms with Crippen LogP contribution >= 0.6 is 0 Å². The number of aromatic nitrogens is 2. The van der Waals surface area contributed by atoms with Crippen molar-refractivity contribution >= 4 is 17.1 Å². The van der Waals surface area contributed by atoms with Gasteiger partial charge in [0.1, 0.15) is 0 Å². The molecule has 63 heavy (non-hydrogen) atoms. The van der Waals surface area contributed by atoms with Gasteiger partial charge in [-0.2, -0.15) is 0 Å². The number of hydrogen-bond donors (Lipinski definition) is 0. The van der Waals surface area contributed by atoms with E-state index in [-0.39, 0.29) is 0 Å². The zero-order valence-electron chi connectivity index (χ0n) is 37.6. The van der Waals surface area contributed by atoms with E-state index >= 15 is 0 Å². The molecule has 9 rings (SSSR count). The Morgan fingerprint density at radius 3 is 1.16 bits per heavy atom. The summed E-state index contributed by atoms with van der Waals surface area (Å²) in [6.45, 7) is 17.6. The van der Waals surface area contributed by atoms with Crippen LogP contribution in [0.3, 0.4) is 0 Å². The number of nitrogens with zero attached hydrogens (tertiary/aromatic N) is 3.